The van der Waals surface area contributed by atoms with Gasteiger partial charge < -0.3 is 15.5 Å². The quantitative estimate of drug-likeness (QED) is 0.775. The average Bonchev–Trinajstić information content (AvgIpc) is 2.86. The Hall–Kier alpha value is -3.22. The van der Waals surface area contributed by atoms with Crippen molar-refractivity contribution in [1.29, 1.82) is 0 Å². The van der Waals surface area contributed by atoms with Gasteiger partial charge in [-0.2, -0.15) is 0 Å². The van der Waals surface area contributed by atoms with E-state index >= 15 is 0 Å². The largest absolute Gasteiger partial charge is 0.430 e. The first-order valence-electron chi connectivity index (χ1n) is 6.30. The summed E-state index contributed by atoms with van der Waals surface area (Å²) in [5.41, 5.74) is 5.64. The van der Waals surface area contributed by atoms with Gasteiger partial charge in [0.2, 0.25) is 11.5 Å². The van der Waals surface area contributed by atoms with Crippen LogP contribution in [0, 0.1) is 5.82 Å². The SMILES string of the molecule is NC(=O)c1oc2ncccc2c1NC(=O)c1cccc(F)c1. The van der Waals surface area contributed by atoms with Gasteiger partial charge in [-0.15, -0.1) is 0 Å². The minimum absolute atomic E-state index is 0.105. The number of fused-ring (bicyclic) bond motifs is 1. The molecule has 2 amide bonds. The van der Waals surface area contributed by atoms with Gasteiger partial charge in [0, 0.05) is 11.8 Å². The van der Waals surface area contributed by atoms with E-state index in [1.807, 2.05) is 0 Å². The van der Waals surface area contributed by atoms with E-state index in [1.54, 1.807) is 12.1 Å². The van der Waals surface area contributed by atoms with Crippen LogP contribution in [-0.2, 0) is 0 Å². The monoisotopic (exact) mass is 299 g/mol. The molecule has 2 aromatic heterocycles. The molecule has 0 aliphatic heterocycles. The minimum atomic E-state index is -0.840. The molecule has 22 heavy (non-hydrogen) atoms. The molecule has 110 valence electrons. The smallest absolute Gasteiger partial charge is 0.286 e. The van der Waals surface area contributed by atoms with Crippen molar-refractivity contribution < 1.29 is 18.4 Å². The summed E-state index contributed by atoms with van der Waals surface area (Å²) in [7, 11) is 0. The lowest BCUT2D eigenvalue weighted by Gasteiger charge is -2.04. The van der Waals surface area contributed by atoms with Gasteiger partial charge in [-0.1, -0.05) is 6.07 Å². The molecule has 0 atom stereocenters. The number of nitrogens with zero attached hydrogens (tertiary/aromatic N) is 1. The van der Waals surface area contributed by atoms with E-state index in [1.165, 1.54) is 24.4 Å². The number of hydrogen-bond donors (Lipinski definition) is 2. The lowest BCUT2D eigenvalue weighted by molar-refractivity contribution is 0.0977. The fourth-order valence-electron chi connectivity index (χ4n) is 2.05. The molecule has 6 nitrogen and oxygen atoms in total. The minimum Gasteiger partial charge on any atom is -0.430 e. The Balaban J connectivity index is 2.04. The number of nitrogens with one attached hydrogen (secondary N) is 1. The Labute approximate surface area is 123 Å². The summed E-state index contributed by atoms with van der Waals surface area (Å²) < 4.78 is 18.4. The molecule has 1 aromatic carbocycles. The Bertz CT molecular complexity index is 889. The maximum absolute atomic E-state index is 13.2. The van der Waals surface area contributed by atoms with Crippen LogP contribution in [0.4, 0.5) is 10.1 Å². The molecule has 0 aliphatic carbocycles. The Morgan fingerprint density at radius 2 is 2.05 bits per heavy atom. The second-order valence-corrected chi connectivity index (χ2v) is 4.49. The lowest BCUT2D eigenvalue weighted by atomic mass is 10.2. The van der Waals surface area contributed by atoms with Crippen LogP contribution in [0.2, 0.25) is 0 Å². The second-order valence-electron chi connectivity index (χ2n) is 4.49. The highest BCUT2D eigenvalue weighted by Crippen LogP contribution is 2.29. The zero-order valence-corrected chi connectivity index (χ0v) is 11.2. The molecule has 0 unspecified atom stereocenters. The molecule has 3 N–H and O–H groups in total. The highest BCUT2D eigenvalue weighted by atomic mass is 19.1. The number of benzene rings is 1. The molecule has 0 saturated heterocycles. The summed E-state index contributed by atoms with van der Waals surface area (Å²) in [5, 5.41) is 2.95. The molecular weight excluding hydrogens is 289 g/mol. The van der Waals surface area contributed by atoms with Crippen molar-refractivity contribution in [3.63, 3.8) is 0 Å². The molecule has 3 aromatic rings. The summed E-state index contributed by atoms with van der Waals surface area (Å²) >= 11 is 0. The number of halogens is 1. The van der Waals surface area contributed by atoms with Gasteiger partial charge in [0.1, 0.15) is 11.5 Å². The maximum atomic E-state index is 13.2. The first-order chi connectivity index (χ1) is 10.6. The third kappa shape index (κ3) is 2.39. The van der Waals surface area contributed by atoms with Gasteiger partial charge in [-0.05, 0) is 30.3 Å². The van der Waals surface area contributed by atoms with Crippen molar-refractivity contribution in [2.45, 2.75) is 0 Å². The fourth-order valence-corrected chi connectivity index (χ4v) is 2.05. The van der Waals surface area contributed by atoms with Crippen molar-refractivity contribution in [3.8, 4) is 0 Å². The number of carbonyl (C=O) groups is 2. The maximum Gasteiger partial charge on any atom is 0.286 e. The number of anilines is 1. The molecule has 7 heteroatoms. The van der Waals surface area contributed by atoms with Gasteiger partial charge in [-0.25, -0.2) is 9.37 Å². The topological polar surface area (TPSA) is 98.2 Å². The molecule has 0 fully saturated rings. The first kappa shape index (κ1) is 13.7. The first-order valence-corrected chi connectivity index (χ1v) is 6.30. The molecule has 2 heterocycles. The number of carbonyl (C=O) groups excluding carboxylic acids is 2. The predicted octanol–water partition coefficient (Wildman–Crippen LogP) is 2.32. The number of furan rings is 1. The normalized spacial score (nSPS) is 10.6. The van der Waals surface area contributed by atoms with Gasteiger partial charge in [-0.3, -0.25) is 9.59 Å². The van der Waals surface area contributed by atoms with E-state index in [4.69, 9.17) is 10.2 Å². The van der Waals surface area contributed by atoms with Crippen LogP contribution in [0.1, 0.15) is 20.9 Å². The number of amides is 2. The summed E-state index contributed by atoms with van der Waals surface area (Å²) in [5.74, 6) is -2.18. The van der Waals surface area contributed by atoms with Crippen LogP contribution in [0.25, 0.3) is 11.1 Å². The Kier molecular flexibility index (Phi) is 3.30. The van der Waals surface area contributed by atoms with E-state index in [9.17, 15) is 14.0 Å². The number of aromatic nitrogens is 1. The second kappa shape index (κ2) is 5.28. The molecule has 0 radical (unpaired) electrons. The molecule has 3 rings (SSSR count). The third-order valence-corrected chi connectivity index (χ3v) is 3.02. The van der Waals surface area contributed by atoms with E-state index in [0.29, 0.717) is 5.39 Å². The molecular formula is C15H10FN3O3. The van der Waals surface area contributed by atoms with E-state index in [-0.39, 0.29) is 22.7 Å². The van der Waals surface area contributed by atoms with E-state index in [0.717, 1.165) is 6.07 Å². The van der Waals surface area contributed by atoms with Crippen molar-refractivity contribution >= 4 is 28.6 Å². The lowest BCUT2D eigenvalue weighted by Crippen LogP contribution is -2.17. The third-order valence-electron chi connectivity index (χ3n) is 3.02. The van der Waals surface area contributed by atoms with Crippen LogP contribution in [0.5, 0.6) is 0 Å². The highest BCUT2D eigenvalue weighted by Gasteiger charge is 2.21. The number of nitrogens with two attached hydrogens (primary N) is 1. The summed E-state index contributed by atoms with van der Waals surface area (Å²) in [4.78, 5) is 27.6. The van der Waals surface area contributed by atoms with Crippen LogP contribution in [0.3, 0.4) is 0 Å². The van der Waals surface area contributed by atoms with Gasteiger partial charge in [0.05, 0.1) is 5.39 Å². The highest BCUT2D eigenvalue weighted by molar-refractivity contribution is 6.13. The molecule has 0 spiro atoms. The predicted molar refractivity (Wildman–Crippen MR) is 76.9 cm³/mol. The summed E-state index contributed by atoms with van der Waals surface area (Å²) in [6, 6.07) is 8.42. The van der Waals surface area contributed by atoms with Crippen molar-refractivity contribution in [3.05, 3.63) is 59.7 Å². The van der Waals surface area contributed by atoms with Crippen LogP contribution < -0.4 is 11.1 Å². The fraction of sp³-hybridized carbons (Fsp3) is 0. The summed E-state index contributed by atoms with van der Waals surface area (Å²) in [6.07, 6.45) is 1.48. The number of primary amides is 1. The summed E-state index contributed by atoms with van der Waals surface area (Å²) in [6.45, 7) is 0. The van der Waals surface area contributed by atoms with Gasteiger partial charge in [0.15, 0.2) is 0 Å². The standard InChI is InChI=1S/C15H10FN3O3/c16-9-4-1-3-8(7-9)14(21)19-11-10-5-2-6-18-15(10)22-12(11)13(17)20/h1-7H,(H2,17,20)(H,19,21). The average molecular weight is 299 g/mol. The van der Waals surface area contributed by atoms with E-state index < -0.39 is 17.6 Å². The van der Waals surface area contributed by atoms with Crippen molar-refractivity contribution in [2.75, 3.05) is 5.32 Å². The van der Waals surface area contributed by atoms with Crippen molar-refractivity contribution in [1.82, 2.24) is 4.98 Å². The molecule has 0 aliphatic rings. The molecule has 0 saturated carbocycles. The molecule has 0 bridgehead atoms. The van der Waals surface area contributed by atoms with Gasteiger partial charge in [0.25, 0.3) is 11.8 Å². The number of hydrogen-bond acceptors (Lipinski definition) is 4. The van der Waals surface area contributed by atoms with Crippen LogP contribution in [-0.4, -0.2) is 16.8 Å². The number of rotatable bonds is 3. The van der Waals surface area contributed by atoms with E-state index in [2.05, 4.69) is 10.3 Å². The zero-order valence-electron chi connectivity index (χ0n) is 11.2. The number of pyridine rings is 1. The van der Waals surface area contributed by atoms with Crippen LogP contribution >= 0.6 is 0 Å². The van der Waals surface area contributed by atoms with Crippen LogP contribution in [0.15, 0.2) is 47.0 Å². The Morgan fingerprint density at radius 1 is 1.23 bits per heavy atom. The zero-order chi connectivity index (χ0) is 15.7. The van der Waals surface area contributed by atoms with Gasteiger partial charge >= 0.3 is 0 Å². The Morgan fingerprint density at radius 3 is 2.77 bits per heavy atom. The van der Waals surface area contributed by atoms with Crippen molar-refractivity contribution in [2.24, 2.45) is 5.73 Å².